The van der Waals surface area contributed by atoms with Gasteiger partial charge in [-0.3, -0.25) is 4.79 Å². The van der Waals surface area contributed by atoms with E-state index in [1.807, 2.05) is 19.1 Å². The molecule has 1 saturated heterocycles. The van der Waals surface area contributed by atoms with Crippen molar-refractivity contribution in [3.8, 4) is 0 Å². The molecule has 116 valence electrons. The molecule has 1 aromatic rings. The molecule has 1 aliphatic rings. The first-order chi connectivity index (χ1) is 10.0. The third-order valence-electron chi connectivity index (χ3n) is 4.36. The molecule has 1 amide bonds. The first-order valence-electron chi connectivity index (χ1n) is 7.91. The van der Waals surface area contributed by atoms with Crippen LogP contribution in [-0.4, -0.2) is 31.6 Å². The highest BCUT2D eigenvalue weighted by atomic mass is 16.1. The Balaban J connectivity index is 1.97. The van der Waals surface area contributed by atoms with E-state index >= 15 is 0 Å². The van der Waals surface area contributed by atoms with Crippen molar-refractivity contribution in [3.63, 3.8) is 0 Å². The molecule has 0 radical (unpaired) electrons. The van der Waals surface area contributed by atoms with Crippen molar-refractivity contribution in [2.75, 3.05) is 29.9 Å². The molecule has 1 atom stereocenters. The van der Waals surface area contributed by atoms with Gasteiger partial charge in [-0.1, -0.05) is 6.92 Å². The lowest BCUT2D eigenvalue weighted by atomic mass is 9.88. The second kappa shape index (κ2) is 6.94. The number of anilines is 2. The largest absolute Gasteiger partial charge is 0.369 e. The predicted molar refractivity (Wildman–Crippen MR) is 88.8 cm³/mol. The van der Waals surface area contributed by atoms with E-state index in [1.54, 1.807) is 0 Å². The van der Waals surface area contributed by atoms with Gasteiger partial charge in [0.2, 0.25) is 5.91 Å². The Morgan fingerprint density at radius 3 is 2.33 bits per heavy atom. The lowest BCUT2D eigenvalue weighted by molar-refractivity contribution is -0.121. The first-order valence-corrected chi connectivity index (χ1v) is 7.91. The minimum Gasteiger partial charge on any atom is -0.369 e. The van der Waals surface area contributed by atoms with Crippen LogP contribution in [0.3, 0.4) is 0 Å². The third kappa shape index (κ3) is 3.76. The summed E-state index contributed by atoms with van der Waals surface area (Å²) in [4.78, 5) is 14.5. The summed E-state index contributed by atoms with van der Waals surface area (Å²) >= 11 is 0. The number of nitrogens with zero attached hydrogens (tertiary/aromatic N) is 1. The Morgan fingerprint density at radius 2 is 1.90 bits per heavy atom. The van der Waals surface area contributed by atoms with Crippen molar-refractivity contribution >= 4 is 17.3 Å². The number of nitrogens with one attached hydrogen (secondary N) is 2. The Kier molecular flexibility index (Phi) is 5.23. The quantitative estimate of drug-likeness (QED) is 0.846. The molecule has 2 N–H and O–H groups in total. The van der Waals surface area contributed by atoms with Crippen molar-refractivity contribution in [1.29, 1.82) is 0 Å². The minimum atomic E-state index is 0.0636. The van der Waals surface area contributed by atoms with Gasteiger partial charge in [-0.25, -0.2) is 0 Å². The zero-order chi connectivity index (χ0) is 15.4. The van der Waals surface area contributed by atoms with E-state index in [9.17, 15) is 4.79 Å². The smallest absolute Gasteiger partial charge is 0.227 e. The van der Waals surface area contributed by atoms with Crippen LogP contribution < -0.4 is 15.5 Å². The fraction of sp³-hybridized carbons (Fsp3) is 0.588. The molecule has 21 heavy (non-hydrogen) atoms. The summed E-state index contributed by atoms with van der Waals surface area (Å²) in [6.45, 7) is 11.4. The molecule has 1 aliphatic heterocycles. The average Bonchev–Trinajstić information content (AvgIpc) is 2.39. The van der Waals surface area contributed by atoms with Crippen LogP contribution in [0.1, 0.15) is 27.7 Å². The topological polar surface area (TPSA) is 44.4 Å². The molecule has 4 nitrogen and oxygen atoms in total. The summed E-state index contributed by atoms with van der Waals surface area (Å²) in [5.41, 5.74) is 2.07. The minimum absolute atomic E-state index is 0.0636. The van der Waals surface area contributed by atoms with Gasteiger partial charge < -0.3 is 15.5 Å². The van der Waals surface area contributed by atoms with E-state index in [1.165, 1.54) is 5.69 Å². The van der Waals surface area contributed by atoms with E-state index in [0.717, 1.165) is 25.3 Å². The highest BCUT2D eigenvalue weighted by Gasteiger charge is 2.28. The van der Waals surface area contributed by atoms with E-state index in [2.05, 4.69) is 48.4 Å². The summed E-state index contributed by atoms with van der Waals surface area (Å²) in [5.74, 6) is 0.653. The molecule has 0 aliphatic carbocycles. The molecule has 1 unspecified atom stereocenters. The van der Waals surface area contributed by atoms with Crippen molar-refractivity contribution in [2.45, 2.75) is 33.7 Å². The van der Waals surface area contributed by atoms with Crippen LogP contribution in [0.25, 0.3) is 0 Å². The third-order valence-corrected chi connectivity index (χ3v) is 4.36. The monoisotopic (exact) mass is 289 g/mol. The molecule has 0 bridgehead atoms. The highest BCUT2D eigenvalue weighted by Crippen LogP contribution is 2.22. The van der Waals surface area contributed by atoms with Gasteiger partial charge in [0.15, 0.2) is 0 Å². The maximum Gasteiger partial charge on any atom is 0.227 e. The number of amides is 1. The van der Waals surface area contributed by atoms with Gasteiger partial charge in [0.1, 0.15) is 0 Å². The Bertz CT molecular complexity index is 465. The van der Waals surface area contributed by atoms with Gasteiger partial charge in [0, 0.05) is 29.9 Å². The molecular formula is C17H27N3O. The molecule has 1 heterocycles. The van der Waals surface area contributed by atoms with E-state index < -0.39 is 0 Å². The number of benzene rings is 1. The molecule has 0 saturated carbocycles. The van der Waals surface area contributed by atoms with Gasteiger partial charge in [-0.15, -0.1) is 0 Å². The molecule has 0 aromatic heterocycles. The molecular weight excluding hydrogens is 262 g/mol. The van der Waals surface area contributed by atoms with Gasteiger partial charge >= 0.3 is 0 Å². The second-order valence-corrected chi connectivity index (χ2v) is 6.12. The summed E-state index contributed by atoms with van der Waals surface area (Å²) < 4.78 is 0. The van der Waals surface area contributed by atoms with Crippen LogP contribution in [0.5, 0.6) is 0 Å². The number of hydrogen-bond donors (Lipinski definition) is 2. The summed E-state index contributed by atoms with van der Waals surface area (Å²) in [6, 6.07) is 8.61. The van der Waals surface area contributed by atoms with E-state index in [4.69, 9.17) is 0 Å². The number of hydrogen-bond acceptors (Lipinski definition) is 3. The van der Waals surface area contributed by atoms with E-state index in [-0.39, 0.29) is 11.8 Å². The second-order valence-electron chi connectivity index (χ2n) is 6.12. The van der Waals surface area contributed by atoms with Crippen LogP contribution in [0.15, 0.2) is 24.3 Å². The maximum absolute atomic E-state index is 12.2. The van der Waals surface area contributed by atoms with Crippen LogP contribution >= 0.6 is 0 Å². The number of carbonyl (C=O) groups excluding carboxylic acids is 1. The van der Waals surface area contributed by atoms with E-state index in [0.29, 0.717) is 12.0 Å². The Morgan fingerprint density at radius 1 is 1.29 bits per heavy atom. The normalized spacial score (nSPS) is 16.4. The Labute approximate surface area is 127 Å². The molecule has 0 spiro atoms. The average molecular weight is 289 g/mol. The first kappa shape index (κ1) is 15.8. The van der Waals surface area contributed by atoms with Crippen molar-refractivity contribution in [3.05, 3.63) is 24.3 Å². The summed E-state index contributed by atoms with van der Waals surface area (Å²) in [6.07, 6.45) is 0. The maximum atomic E-state index is 12.2. The van der Waals surface area contributed by atoms with Crippen LogP contribution in [0.2, 0.25) is 0 Å². The van der Waals surface area contributed by atoms with Crippen LogP contribution in [-0.2, 0) is 4.79 Å². The molecule has 1 aromatic carbocycles. The van der Waals surface area contributed by atoms with Gasteiger partial charge in [-0.05, 0) is 64.0 Å². The fourth-order valence-electron chi connectivity index (χ4n) is 2.72. The zero-order valence-corrected chi connectivity index (χ0v) is 13.5. The fourth-order valence-corrected chi connectivity index (χ4v) is 2.72. The summed E-state index contributed by atoms with van der Waals surface area (Å²) in [7, 11) is 0. The van der Waals surface area contributed by atoms with Gasteiger partial charge in [0.05, 0.1) is 0 Å². The van der Waals surface area contributed by atoms with Crippen molar-refractivity contribution in [1.82, 2.24) is 5.32 Å². The zero-order valence-electron chi connectivity index (χ0n) is 13.5. The molecule has 1 fully saturated rings. The van der Waals surface area contributed by atoms with Crippen molar-refractivity contribution in [2.24, 2.45) is 11.8 Å². The lowest BCUT2D eigenvalue weighted by Crippen LogP contribution is -2.48. The standard InChI is InChI=1S/C17H27N3O/c1-5-20(12(2)3)16-8-6-15(7-9-16)19-17(21)13(4)14-10-18-11-14/h6-9,12-14,18H,5,10-11H2,1-4H3,(H,19,21). The Hall–Kier alpha value is -1.55. The van der Waals surface area contributed by atoms with Crippen molar-refractivity contribution < 1.29 is 4.79 Å². The number of carbonyl (C=O) groups is 1. The SMILES string of the molecule is CCN(c1ccc(NC(=O)C(C)C2CNC2)cc1)C(C)C. The highest BCUT2D eigenvalue weighted by molar-refractivity contribution is 5.92. The molecule has 4 heteroatoms. The predicted octanol–water partition coefficient (Wildman–Crippen LogP) is 2.72. The number of rotatable bonds is 6. The lowest BCUT2D eigenvalue weighted by Gasteiger charge is -2.31. The van der Waals surface area contributed by atoms with Crippen LogP contribution in [0.4, 0.5) is 11.4 Å². The van der Waals surface area contributed by atoms with Gasteiger partial charge in [0.25, 0.3) is 0 Å². The summed E-state index contributed by atoms with van der Waals surface area (Å²) in [5, 5.41) is 6.23. The van der Waals surface area contributed by atoms with Gasteiger partial charge in [-0.2, -0.15) is 0 Å². The van der Waals surface area contributed by atoms with Crippen LogP contribution in [0, 0.1) is 11.8 Å². The molecule has 2 rings (SSSR count).